The molecule has 5 heteroatoms. The van der Waals surface area contributed by atoms with Crippen LogP contribution >= 0.6 is 27.3 Å². The van der Waals surface area contributed by atoms with Crippen LogP contribution in [0.2, 0.25) is 0 Å². The van der Waals surface area contributed by atoms with Crippen LogP contribution < -0.4 is 5.32 Å². The van der Waals surface area contributed by atoms with Gasteiger partial charge in [0.2, 0.25) is 5.91 Å². The number of rotatable bonds is 2. The van der Waals surface area contributed by atoms with E-state index in [-0.39, 0.29) is 10.7 Å². The lowest BCUT2D eigenvalue weighted by Crippen LogP contribution is -2.19. The van der Waals surface area contributed by atoms with Gasteiger partial charge in [-0.15, -0.1) is 0 Å². The molecular weight excluding hydrogens is 276 g/mol. The number of carbonyl (C=O) groups excluding carboxylic acids is 1. The number of anilines is 1. The number of hydrogen-bond acceptors (Lipinski definition) is 3. The van der Waals surface area contributed by atoms with Gasteiger partial charge < -0.3 is 5.32 Å². The number of carbonyl (C=O) groups is 1. The molecule has 1 aromatic carbocycles. The normalized spacial score (nSPS) is 12.7. The Bertz CT molecular complexity index is 462. The lowest BCUT2D eigenvalue weighted by Gasteiger charge is -2.01. The molecule has 0 bridgehead atoms. The van der Waals surface area contributed by atoms with Crippen molar-refractivity contribution in [2.75, 3.05) is 5.32 Å². The third kappa shape index (κ3) is 2.35. The number of benzene rings is 1. The number of alkyl halides is 1. The summed E-state index contributed by atoms with van der Waals surface area (Å²) >= 11 is 4.69. The predicted octanol–water partition coefficient (Wildman–Crippen LogP) is 3.02. The SMILES string of the molecule is C[C@@H](Br)C(=O)Nc1nc2ccccc2s1. The number of fused-ring (bicyclic) bond motifs is 1. The Balaban J connectivity index is 2.26. The van der Waals surface area contributed by atoms with Gasteiger partial charge in [-0.2, -0.15) is 0 Å². The summed E-state index contributed by atoms with van der Waals surface area (Å²) in [6.07, 6.45) is 0. The monoisotopic (exact) mass is 284 g/mol. The summed E-state index contributed by atoms with van der Waals surface area (Å²) in [7, 11) is 0. The Kier molecular flexibility index (Phi) is 3.02. The second-order valence-electron chi connectivity index (χ2n) is 3.09. The van der Waals surface area contributed by atoms with Gasteiger partial charge in [-0.1, -0.05) is 39.4 Å². The number of halogens is 1. The van der Waals surface area contributed by atoms with E-state index in [1.165, 1.54) is 11.3 Å². The molecule has 0 spiro atoms. The third-order valence-corrected chi connectivity index (χ3v) is 3.25. The summed E-state index contributed by atoms with van der Waals surface area (Å²) < 4.78 is 1.08. The number of nitrogens with zero attached hydrogens (tertiary/aromatic N) is 1. The van der Waals surface area contributed by atoms with Crippen LogP contribution in [0.1, 0.15) is 6.92 Å². The molecule has 0 radical (unpaired) electrons. The maximum Gasteiger partial charge on any atom is 0.239 e. The van der Waals surface area contributed by atoms with E-state index < -0.39 is 0 Å². The fourth-order valence-corrected chi connectivity index (χ4v) is 2.11. The highest BCUT2D eigenvalue weighted by molar-refractivity contribution is 9.10. The van der Waals surface area contributed by atoms with Gasteiger partial charge in [-0.3, -0.25) is 4.79 Å². The van der Waals surface area contributed by atoms with Crippen molar-refractivity contribution in [1.29, 1.82) is 0 Å². The highest BCUT2D eigenvalue weighted by Gasteiger charge is 2.11. The largest absolute Gasteiger partial charge is 0.301 e. The average Bonchev–Trinajstić information content (AvgIpc) is 2.59. The van der Waals surface area contributed by atoms with E-state index in [2.05, 4.69) is 26.2 Å². The zero-order valence-corrected chi connectivity index (χ0v) is 10.4. The number of nitrogens with one attached hydrogen (secondary N) is 1. The first-order chi connectivity index (χ1) is 7.16. The number of hydrogen-bond donors (Lipinski definition) is 1. The van der Waals surface area contributed by atoms with Crippen molar-refractivity contribution in [3.63, 3.8) is 0 Å². The van der Waals surface area contributed by atoms with Crippen molar-refractivity contribution in [2.45, 2.75) is 11.8 Å². The maximum atomic E-state index is 11.4. The average molecular weight is 285 g/mol. The van der Waals surface area contributed by atoms with Crippen LogP contribution in [0.3, 0.4) is 0 Å². The Morgan fingerprint density at radius 2 is 2.27 bits per heavy atom. The van der Waals surface area contributed by atoms with Crippen molar-refractivity contribution in [1.82, 2.24) is 4.98 Å². The Hall–Kier alpha value is -0.940. The van der Waals surface area contributed by atoms with Gasteiger partial charge in [0, 0.05) is 0 Å². The number of aromatic nitrogens is 1. The first kappa shape index (κ1) is 10.6. The highest BCUT2D eigenvalue weighted by Crippen LogP contribution is 2.25. The van der Waals surface area contributed by atoms with Crippen LogP contribution in [0.25, 0.3) is 10.2 Å². The quantitative estimate of drug-likeness (QED) is 0.862. The highest BCUT2D eigenvalue weighted by atomic mass is 79.9. The molecule has 0 aliphatic heterocycles. The first-order valence-electron chi connectivity index (χ1n) is 4.47. The summed E-state index contributed by atoms with van der Waals surface area (Å²) in [4.78, 5) is 15.5. The van der Waals surface area contributed by atoms with Crippen LogP contribution in [0, 0.1) is 0 Å². The van der Waals surface area contributed by atoms with Crippen molar-refractivity contribution >= 4 is 48.5 Å². The Labute approximate surface area is 99.6 Å². The third-order valence-electron chi connectivity index (χ3n) is 1.89. The molecule has 1 N–H and O–H groups in total. The fraction of sp³-hybridized carbons (Fsp3) is 0.200. The van der Waals surface area contributed by atoms with Gasteiger partial charge in [-0.25, -0.2) is 4.98 Å². The summed E-state index contributed by atoms with van der Waals surface area (Å²) in [6, 6.07) is 7.80. The number of para-hydroxylation sites is 1. The minimum Gasteiger partial charge on any atom is -0.301 e. The Morgan fingerprint density at radius 3 is 2.93 bits per heavy atom. The standard InChI is InChI=1S/C10H9BrN2OS/c1-6(11)9(14)13-10-12-7-4-2-3-5-8(7)15-10/h2-6H,1H3,(H,12,13,14)/t6-/m1/s1. The second-order valence-corrected chi connectivity index (χ2v) is 5.50. The second kappa shape index (κ2) is 4.28. The smallest absolute Gasteiger partial charge is 0.239 e. The van der Waals surface area contributed by atoms with Gasteiger partial charge in [-0.05, 0) is 19.1 Å². The molecule has 0 saturated heterocycles. The lowest BCUT2D eigenvalue weighted by atomic mass is 10.3. The molecule has 15 heavy (non-hydrogen) atoms. The number of thiazole rings is 1. The van der Waals surface area contributed by atoms with E-state index in [0.717, 1.165) is 10.2 Å². The van der Waals surface area contributed by atoms with E-state index in [1.54, 1.807) is 6.92 Å². The lowest BCUT2D eigenvalue weighted by molar-refractivity contribution is -0.115. The molecule has 1 aromatic heterocycles. The van der Waals surface area contributed by atoms with Gasteiger partial charge >= 0.3 is 0 Å². The molecular formula is C10H9BrN2OS. The van der Waals surface area contributed by atoms with Crippen LogP contribution in [0.4, 0.5) is 5.13 Å². The van der Waals surface area contributed by atoms with E-state index >= 15 is 0 Å². The molecule has 1 heterocycles. The molecule has 78 valence electrons. The molecule has 3 nitrogen and oxygen atoms in total. The molecule has 2 aromatic rings. The molecule has 1 atom stereocenters. The van der Waals surface area contributed by atoms with E-state index in [4.69, 9.17) is 0 Å². The topological polar surface area (TPSA) is 42.0 Å². The molecule has 0 aliphatic rings. The Morgan fingerprint density at radius 1 is 1.53 bits per heavy atom. The molecule has 0 fully saturated rings. The van der Waals surface area contributed by atoms with E-state index in [9.17, 15) is 4.79 Å². The van der Waals surface area contributed by atoms with Gasteiger partial charge in [0.05, 0.1) is 15.0 Å². The summed E-state index contributed by atoms with van der Waals surface area (Å²) in [5, 5.41) is 3.40. The molecule has 0 aliphatic carbocycles. The van der Waals surface area contributed by atoms with Gasteiger partial charge in [0.1, 0.15) is 0 Å². The molecule has 2 rings (SSSR count). The molecule has 0 unspecified atom stereocenters. The van der Waals surface area contributed by atoms with Crippen molar-refractivity contribution in [3.05, 3.63) is 24.3 Å². The van der Waals surface area contributed by atoms with E-state index in [0.29, 0.717) is 5.13 Å². The minimum absolute atomic E-state index is 0.0749. The van der Waals surface area contributed by atoms with Crippen molar-refractivity contribution < 1.29 is 4.79 Å². The van der Waals surface area contributed by atoms with Crippen LogP contribution in [0.15, 0.2) is 24.3 Å². The van der Waals surface area contributed by atoms with Crippen molar-refractivity contribution in [3.8, 4) is 0 Å². The van der Waals surface area contributed by atoms with E-state index in [1.807, 2.05) is 24.3 Å². The van der Waals surface area contributed by atoms with Gasteiger partial charge in [0.25, 0.3) is 0 Å². The van der Waals surface area contributed by atoms with Crippen LogP contribution in [0.5, 0.6) is 0 Å². The zero-order chi connectivity index (χ0) is 10.8. The van der Waals surface area contributed by atoms with Crippen LogP contribution in [-0.2, 0) is 4.79 Å². The maximum absolute atomic E-state index is 11.4. The molecule has 1 amide bonds. The summed E-state index contributed by atoms with van der Waals surface area (Å²) in [5.74, 6) is -0.0749. The first-order valence-corrected chi connectivity index (χ1v) is 6.20. The predicted molar refractivity (Wildman–Crippen MR) is 66.6 cm³/mol. The molecule has 0 saturated carbocycles. The van der Waals surface area contributed by atoms with Gasteiger partial charge in [0.15, 0.2) is 5.13 Å². The zero-order valence-electron chi connectivity index (χ0n) is 8.03. The van der Waals surface area contributed by atoms with Crippen molar-refractivity contribution in [2.24, 2.45) is 0 Å². The minimum atomic E-state index is -0.204. The number of amides is 1. The van der Waals surface area contributed by atoms with Crippen LogP contribution in [-0.4, -0.2) is 15.7 Å². The summed E-state index contributed by atoms with van der Waals surface area (Å²) in [5.41, 5.74) is 0.917. The summed E-state index contributed by atoms with van der Waals surface area (Å²) in [6.45, 7) is 1.78. The fourth-order valence-electron chi connectivity index (χ4n) is 1.13.